The van der Waals surface area contributed by atoms with Gasteiger partial charge in [0.15, 0.2) is 0 Å². The van der Waals surface area contributed by atoms with Crippen molar-refractivity contribution in [2.75, 3.05) is 26.0 Å². The highest BCUT2D eigenvalue weighted by Gasteiger charge is 2.17. The zero-order valence-corrected chi connectivity index (χ0v) is 12.7. The number of para-hydroxylation sites is 1. The van der Waals surface area contributed by atoms with E-state index in [-0.39, 0.29) is 12.1 Å². The molecule has 1 aromatic carbocycles. The van der Waals surface area contributed by atoms with Crippen molar-refractivity contribution >= 4 is 11.7 Å². The standard InChI is InChI=1S/C16H22N4O/c1-19(2)15(14-10-7-11-20(14)3)12-17-16(21)18-13-8-5-4-6-9-13/h4-11,15H,12H2,1-3H3,(H2,17,18,21)/t15-/m0/s1. The van der Waals surface area contributed by atoms with E-state index in [2.05, 4.69) is 26.2 Å². The molecule has 2 N–H and O–H groups in total. The first-order chi connectivity index (χ1) is 10.1. The van der Waals surface area contributed by atoms with Gasteiger partial charge in [0.1, 0.15) is 0 Å². The third-order valence-electron chi connectivity index (χ3n) is 3.44. The van der Waals surface area contributed by atoms with Crippen molar-refractivity contribution in [3.05, 3.63) is 54.4 Å². The Labute approximate surface area is 125 Å². The number of hydrogen-bond acceptors (Lipinski definition) is 2. The molecular weight excluding hydrogens is 264 g/mol. The van der Waals surface area contributed by atoms with E-state index in [1.54, 1.807) is 0 Å². The molecule has 2 rings (SSSR count). The van der Waals surface area contributed by atoms with E-state index in [9.17, 15) is 4.79 Å². The van der Waals surface area contributed by atoms with Crippen LogP contribution in [0.1, 0.15) is 11.7 Å². The van der Waals surface area contributed by atoms with Crippen LogP contribution in [0, 0.1) is 0 Å². The van der Waals surface area contributed by atoms with Crippen molar-refractivity contribution in [3.8, 4) is 0 Å². The third-order valence-corrected chi connectivity index (χ3v) is 3.44. The summed E-state index contributed by atoms with van der Waals surface area (Å²) in [6, 6.07) is 13.4. The Morgan fingerprint density at radius 2 is 1.90 bits per heavy atom. The number of benzene rings is 1. The van der Waals surface area contributed by atoms with Crippen molar-refractivity contribution in [1.29, 1.82) is 0 Å². The largest absolute Gasteiger partial charge is 0.353 e. The van der Waals surface area contributed by atoms with Crippen molar-refractivity contribution in [3.63, 3.8) is 0 Å². The van der Waals surface area contributed by atoms with Crippen molar-refractivity contribution < 1.29 is 4.79 Å². The Hall–Kier alpha value is -2.27. The molecule has 1 aromatic heterocycles. The number of anilines is 1. The minimum absolute atomic E-state index is 0.131. The Morgan fingerprint density at radius 1 is 1.19 bits per heavy atom. The monoisotopic (exact) mass is 286 g/mol. The molecular formula is C16H22N4O. The zero-order chi connectivity index (χ0) is 15.2. The quantitative estimate of drug-likeness (QED) is 0.887. The Balaban J connectivity index is 1.93. The van der Waals surface area contributed by atoms with E-state index < -0.39 is 0 Å². The van der Waals surface area contributed by atoms with E-state index in [0.29, 0.717) is 6.54 Å². The van der Waals surface area contributed by atoms with Crippen LogP contribution in [-0.4, -0.2) is 36.1 Å². The fraction of sp³-hybridized carbons (Fsp3) is 0.312. The van der Waals surface area contributed by atoms with Gasteiger partial charge in [-0.15, -0.1) is 0 Å². The van der Waals surface area contributed by atoms with Crippen LogP contribution in [0.4, 0.5) is 10.5 Å². The van der Waals surface area contributed by atoms with Crippen LogP contribution in [-0.2, 0) is 7.05 Å². The van der Waals surface area contributed by atoms with Crippen LogP contribution in [0.3, 0.4) is 0 Å². The average molecular weight is 286 g/mol. The predicted octanol–water partition coefficient (Wildman–Crippen LogP) is 2.45. The van der Waals surface area contributed by atoms with Crippen molar-refractivity contribution in [1.82, 2.24) is 14.8 Å². The number of nitrogens with zero attached hydrogens (tertiary/aromatic N) is 2. The second-order valence-electron chi connectivity index (χ2n) is 5.22. The van der Waals surface area contributed by atoms with Gasteiger partial charge in [-0.2, -0.15) is 0 Å². The van der Waals surface area contributed by atoms with Crippen LogP contribution in [0.5, 0.6) is 0 Å². The summed E-state index contributed by atoms with van der Waals surface area (Å²) in [6.07, 6.45) is 2.01. The summed E-state index contributed by atoms with van der Waals surface area (Å²) in [5, 5.41) is 5.74. The topological polar surface area (TPSA) is 49.3 Å². The molecule has 0 aliphatic rings. The number of rotatable bonds is 5. The number of urea groups is 1. The van der Waals surface area contributed by atoms with Crippen molar-refractivity contribution in [2.24, 2.45) is 7.05 Å². The lowest BCUT2D eigenvalue weighted by atomic mass is 10.2. The molecule has 0 saturated heterocycles. The van der Waals surface area contributed by atoms with Crippen LogP contribution >= 0.6 is 0 Å². The van der Waals surface area contributed by atoms with Gasteiger partial charge in [0, 0.05) is 31.2 Å². The summed E-state index contributed by atoms with van der Waals surface area (Å²) in [5.74, 6) is 0. The smallest absolute Gasteiger partial charge is 0.319 e. The molecule has 0 saturated carbocycles. The first-order valence-electron chi connectivity index (χ1n) is 6.95. The Kier molecular flexibility index (Phi) is 5.00. The molecule has 0 bridgehead atoms. The summed E-state index contributed by atoms with van der Waals surface area (Å²) in [5.41, 5.74) is 1.95. The number of amides is 2. The van der Waals surface area contributed by atoms with Gasteiger partial charge in [0.25, 0.3) is 0 Å². The highest BCUT2D eigenvalue weighted by Crippen LogP contribution is 2.17. The fourth-order valence-electron chi connectivity index (χ4n) is 2.26. The maximum Gasteiger partial charge on any atom is 0.319 e. The van der Waals surface area contributed by atoms with E-state index in [1.807, 2.05) is 63.7 Å². The molecule has 1 heterocycles. The molecule has 5 nitrogen and oxygen atoms in total. The van der Waals surface area contributed by atoms with E-state index >= 15 is 0 Å². The predicted molar refractivity (Wildman–Crippen MR) is 85.3 cm³/mol. The molecule has 112 valence electrons. The molecule has 1 atom stereocenters. The Bertz CT molecular complexity index is 577. The molecule has 21 heavy (non-hydrogen) atoms. The van der Waals surface area contributed by atoms with Crippen LogP contribution in [0.25, 0.3) is 0 Å². The van der Waals surface area contributed by atoms with E-state index in [0.717, 1.165) is 5.69 Å². The molecule has 0 fully saturated rings. The van der Waals surface area contributed by atoms with Gasteiger partial charge in [0.2, 0.25) is 0 Å². The first kappa shape index (κ1) is 15.1. The lowest BCUT2D eigenvalue weighted by molar-refractivity contribution is 0.241. The highest BCUT2D eigenvalue weighted by molar-refractivity contribution is 5.89. The second kappa shape index (κ2) is 6.95. The van der Waals surface area contributed by atoms with Crippen LogP contribution < -0.4 is 10.6 Å². The number of nitrogens with one attached hydrogen (secondary N) is 2. The lowest BCUT2D eigenvalue weighted by Crippen LogP contribution is -2.37. The number of carbonyl (C=O) groups excluding carboxylic acids is 1. The zero-order valence-electron chi connectivity index (χ0n) is 12.7. The van der Waals surface area contributed by atoms with Crippen LogP contribution in [0.15, 0.2) is 48.7 Å². The number of aryl methyl sites for hydroxylation is 1. The highest BCUT2D eigenvalue weighted by atomic mass is 16.2. The molecule has 0 unspecified atom stereocenters. The van der Waals surface area contributed by atoms with Gasteiger partial charge in [-0.25, -0.2) is 4.79 Å². The number of hydrogen-bond donors (Lipinski definition) is 2. The molecule has 2 aromatic rings. The van der Waals surface area contributed by atoms with Gasteiger partial charge in [0.05, 0.1) is 6.04 Å². The molecule has 0 aliphatic carbocycles. The summed E-state index contributed by atoms with van der Waals surface area (Å²) < 4.78 is 2.07. The normalized spacial score (nSPS) is 12.2. The van der Waals surface area contributed by atoms with Gasteiger partial charge in [-0.1, -0.05) is 18.2 Å². The summed E-state index contributed by atoms with van der Waals surface area (Å²) >= 11 is 0. The van der Waals surface area contributed by atoms with Crippen molar-refractivity contribution in [2.45, 2.75) is 6.04 Å². The average Bonchev–Trinajstić information content (AvgIpc) is 2.86. The maximum atomic E-state index is 11.9. The maximum absolute atomic E-state index is 11.9. The SMILES string of the molecule is CN(C)[C@@H](CNC(=O)Nc1ccccc1)c1cccn1C. The van der Waals surface area contributed by atoms with Crippen LogP contribution in [0.2, 0.25) is 0 Å². The molecule has 0 radical (unpaired) electrons. The van der Waals surface area contributed by atoms with Gasteiger partial charge in [-0.3, -0.25) is 4.90 Å². The van der Waals surface area contributed by atoms with E-state index in [4.69, 9.17) is 0 Å². The molecule has 2 amide bonds. The first-order valence-corrected chi connectivity index (χ1v) is 6.95. The molecule has 0 spiro atoms. The second-order valence-corrected chi connectivity index (χ2v) is 5.22. The Morgan fingerprint density at radius 3 is 2.48 bits per heavy atom. The van der Waals surface area contributed by atoms with Gasteiger partial charge < -0.3 is 15.2 Å². The number of likely N-dealkylation sites (N-methyl/N-ethyl adjacent to an activating group) is 1. The summed E-state index contributed by atoms with van der Waals surface area (Å²) in [4.78, 5) is 14.0. The molecule has 5 heteroatoms. The van der Waals surface area contributed by atoms with Gasteiger partial charge in [-0.05, 0) is 38.4 Å². The fourth-order valence-corrected chi connectivity index (χ4v) is 2.26. The minimum atomic E-state index is -0.192. The minimum Gasteiger partial charge on any atom is -0.353 e. The number of aromatic nitrogens is 1. The number of carbonyl (C=O) groups is 1. The van der Waals surface area contributed by atoms with Gasteiger partial charge >= 0.3 is 6.03 Å². The molecule has 0 aliphatic heterocycles. The third kappa shape index (κ3) is 4.10. The van der Waals surface area contributed by atoms with E-state index in [1.165, 1.54) is 5.69 Å². The summed E-state index contributed by atoms with van der Waals surface area (Å²) in [7, 11) is 6.03. The lowest BCUT2D eigenvalue weighted by Gasteiger charge is -2.25. The summed E-state index contributed by atoms with van der Waals surface area (Å²) in [6.45, 7) is 0.545.